The Morgan fingerprint density at radius 1 is 1.12 bits per heavy atom. The van der Waals surface area contributed by atoms with Gasteiger partial charge in [0.05, 0.1) is 11.9 Å². The number of halogens is 2. The van der Waals surface area contributed by atoms with Crippen LogP contribution in [0.4, 0.5) is 5.69 Å². The van der Waals surface area contributed by atoms with E-state index in [1.54, 1.807) is 25.1 Å². The second-order valence-electron chi connectivity index (χ2n) is 8.81. The summed E-state index contributed by atoms with van der Waals surface area (Å²) in [5.74, 6) is -0.846. The molecule has 0 aliphatic carbocycles. The predicted molar refractivity (Wildman–Crippen MR) is 136 cm³/mol. The van der Waals surface area contributed by atoms with Crippen molar-refractivity contribution < 1.29 is 18.0 Å². The normalized spacial score (nSPS) is 12.7. The van der Waals surface area contributed by atoms with Crippen molar-refractivity contribution in [3.8, 4) is 0 Å². The molecule has 2 aromatic carbocycles. The van der Waals surface area contributed by atoms with Gasteiger partial charge < -0.3 is 10.2 Å². The molecular weight excluding hydrogens is 530 g/mol. The van der Waals surface area contributed by atoms with Crippen molar-refractivity contribution in [1.82, 2.24) is 10.2 Å². The number of anilines is 1. The molecule has 180 valence electrons. The number of nitrogens with one attached hydrogen (secondary N) is 1. The molecule has 0 heterocycles. The SMILES string of the molecule is C[C@@H](C(=O)NC(C)(C)C)N(Cc1ccc(Br)cc1)C(=O)CN(c1cccc(Cl)c1)S(C)(=O)=O. The van der Waals surface area contributed by atoms with Crippen molar-refractivity contribution in [1.29, 1.82) is 0 Å². The maximum atomic E-state index is 13.4. The number of rotatable bonds is 8. The van der Waals surface area contributed by atoms with Gasteiger partial charge in [-0.25, -0.2) is 8.42 Å². The number of amides is 2. The van der Waals surface area contributed by atoms with Crippen molar-refractivity contribution in [3.63, 3.8) is 0 Å². The maximum absolute atomic E-state index is 13.4. The molecule has 1 atom stereocenters. The van der Waals surface area contributed by atoms with Crippen LogP contribution in [0, 0.1) is 0 Å². The molecular formula is C23H29BrClN3O4S. The molecule has 1 N–H and O–H groups in total. The molecule has 0 saturated heterocycles. The number of hydrogen-bond acceptors (Lipinski definition) is 4. The summed E-state index contributed by atoms with van der Waals surface area (Å²) in [7, 11) is -3.80. The Hall–Kier alpha value is -2.10. The van der Waals surface area contributed by atoms with Gasteiger partial charge in [-0.3, -0.25) is 13.9 Å². The smallest absolute Gasteiger partial charge is 0.244 e. The molecule has 10 heteroatoms. The Labute approximate surface area is 209 Å². The van der Waals surface area contributed by atoms with Crippen molar-refractivity contribution in [3.05, 3.63) is 63.6 Å². The zero-order chi connectivity index (χ0) is 25.0. The third-order valence-corrected chi connectivity index (χ3v) is 6.61. The Morgan fingerprint density at radius 2 is 1.73 bits per heavy atom. The van der Waals surface area contributed by atoms with E-state index in [-0.39, 0.29) is 18.1 Å². The fourth-order valence-electron chi connectivity index (χ4n) is 3.09. The molecule has 0 saturated carbocycles. The third kappa shape index (κ3) is 8.32. The first-order valence-corrected chi connectivity index (χ1v) is 13.3. The van der Waals surface area contributed by atoms with Crippen molar-refractivity contribution in [2.24, 2.45) is 0 Å². The van der Waals surface area contributed by atoms with E-state index in [4.69, 9.17) is 11.6 Å². The zero-order valence-corrected chi connectivity index (χ0v) is 22.5. The van der Waals surface area contributed by atoms with Crippen LogP contribution >= 0.6 is 27.5 Å². The molecule has 0 unspecified atom stereocenters. The first-order chi connectivity index (χ1) is 15.2. The van der Waals surface area contributed by atoms with Crippen LogP contribution in [0.2, 0.25) is 5.02 Å². The van der Waals surface area contributed by atoms with E-state index in [0.717, 1.165) is 20.6 Å². The van der Waals surface area contributed by atoms with E-state index in [9.17, 15) is 18.0 Å². The van der Waals surface area contributed by atoms with Crippen molar-refractivity contribution >= 4 is 55.1 Å². The van der Waals surface area contributed by atoms with Gasteiger partial charge in [0.25, 0.3) is 0 Å². The number of carbonyl (C=O) groups excluding carboxylic acids is 2. The fourth-order valence-corrected chi connectivity index (χ4v) is 4.38. The summed E-state index contributed by atoms with van der Waals surface area (Å²) in [6, 6.07) is 12.8. The molecule has 2 amide bonds. The molecule has 33 heavy (non-hydrogen) atoms. The van der Waals surface area contributed by atoms with Gasteiger partial charge in [0.1, 0.15) is 12.6 Å². The zero-order valence-electron chi connectivity index (χ0n) is 19.3. The Morgan fingerprint density at radius 3 is 2.24 bits per heavy atom. The summed E-state index contributed by atoms with van der Waals surface area (Å²) in [4.78, 5) is 27.7. The van der Waals surface area contributed by atoms with Crippen LogP contribution in [0.25, 0.3) is 0 Å². The van der Waals surface area contributed by atoms with E-state index < -0.39 is 34.1 Å². The molecule has 2 aromatic rings. The fraction of sp³-hybridized carbons (Fsp3) is 0.391. The highest BCUT2D eigenvalue weighted by Gasteiger charge is 2.31. The van der Waals surface area contributed by atoms with E-state index in [0.29, 0.717) is 5.02 Å². The first-order valence-electron chi connectivity index (χ1n) is 10.3. The number of nitrogens with zero attached hydrogens (tertiary/aromatic N) is 2. The minimum absolute atomic E-state index is 0.137. The van der Waals surface area contributed by atoms with E-state index in [2.05, 4.69) is 21.2 Å². The standard InChI is InChI=1S/C23H29BrClN3O4S/c1-16(22(30)26-23(2,3)4)27(14-17-9-11-18(24)12-10-17)21(29)15-28(33(5,31)32)20-8-6-7-19(25)13-20/h6-13,16H,14-15H2,1-5H3,(H,26,30)/t16-/m0/s1. The Bertz CT molecular complexity index is 1100. The second-order valence-corrected chi connectivity index (χ2v) is 12.1. The molecule has 0 aliphatic heterocycles. The maximum Gasteiger partial charge on any atom is 0.244 e. The minimum Gasteiger partial charge on any atom is -0.350 e. The number of sulfonamides is 1. The van der Waals surface area contributed by atoms with Crippen LogP contribution in [0.5, 0.6) is 0 Å². The molecule has 0 radical (unpaired) electrons. The van der Waals surface area contributed by atoms with Crippen LogP contribution in [0.15, 0.2) is 53.0 Å². The van der Waals surface area contributed by atoms with Crippen molar-refractivity contribution in [2.45, 2.75) is 45.8 Å². The number of carbonyl (C=O) groups is 2. The van der Waals surface area contributed by atoms with Crippen LogP contribution < -0.4 is 9.62 Å². The predicted octanol–water partition coefficient (Wildman–Crippen LogP) is 4.20. The van der Waals surface area contributed by atoms with Gasteiger partial charge in [-0.1, -0.05) is 45.7 Å². The highest BCUT2D eigenvalue weighted by atomic mass is 79.9. The van der Waals surface area contributed by atoms with Gasteiger partial charge in [-0.2, -0.15) is 0 Å². The molecule has 0 fully saturated rings. The highest BCUT2D eigenvalue weighted by Crippen LogP contribution is 2.23. The summed E-state index contributed by atoms with van der Waals surface area (Å²) in [6.45, 7) is 6.85. The lowest BCUT2D eigenvalue weighted by molar-refractivity contribution is -0.140. The first kappa shape index (κ1) is 27.1. The lowest BCUT2D eigenvalue weighted by Gasteiger charge is -2.33. The molecule has 0 aromatic heterocycles. The van der Waals surface area contributed by atoms with Gasteiger partial charge in [-0.05, 0) is 63.6 Å². The Kier molecular flexibility index (Phi) is 8.95. The molecule has 0 bridgehead atoms. The van der Waals surface area contributed by atoms with Crippen LogP contribution in [-0.4, -0.2) is 49.5 Å². The van der Waals surface area contributed by atoms with Gasteiger partial charge in [0, 0.05) is 21.6 Å². The number of benzene rings is 2. The van der Waals surface area contributed by atoms with E-state index in [1.807, 2.05) is 45.0 Å². The lowest BCUT2D eigenvalue weighted by Crippen LogP contribution is -2.54. The van der Waals surface area contributed by atoms with Crippen LogP contribution in [0.1, 0.15) is 33.3 Å². The minimum atomic E-state index is -3.80. The molecule has 0 spiro atoms. The largest absolute Gasteiger partial charge is 0.350 e. The van der Waals surface area contributed by atoms with Gasteiger partial charge in [0.2, 0.25) is 21.8 Å². The summed E-state index contributed by atoms with van der Waals surface area (Å²) >= 11 is 9.42. The van der Waals surface area contributed by atoms with Crippen LogP contribution in [-0.2, 0) is 26.2 Å². The topological polar surface area (TPSA) is 86.8 Å². The quantitative estimate of drug-likeness (QED) is 0.526. The van der Waals surface area contributed by atoms with Gasteiger partial charge in [0.15, 0.2) is 0 Å². The molecule has 7 nitrogen and oxygen atoms in total. The summed E-state index contributed by atoms with van der Waals surface area (Å²) < 4.78 is 26.9. The highest BCUT2D eigenvalue weighted by molar-refractivity contribution is 9.10. The van der Waals surface area contributed by atoms with Gasteiger partial charge in [-0.15, -0.1) is 0 Å². The molecule has 0 aliphatic rings. The molecule has 2 rings (SSSR count). The van der Waals surface area contributed by atoms with Crippen molar-refractivity contribution in [2.75, 3.05) is 17.1 Å². The van der Waals surface area contributed by atoms with Crippen LogP contribution in [0.3, 0.4) is 0 Å². The average molecular weight is 559 g/mol. The van der Waals surface area contributed by atoms with E-state index >= 15 is 0 Å². The summed E-state index contributed by atoms with van der Waals surface area (Å²) in [5, 5.41) is 3.23. The summed E-state index contributed by atoms with van der Waals surface area (Å²) in [6.07, 6.45) is 1.02. The summed E-state index contributed by atoms with van der Waals surface area (Å²) in [5.41, 5.74) is 0.585. The van der Waals surface area contributed by atoms with Gasteiger partial charge >= 0.3 is 0 Å². The monoisotopic (exact) mass is 557 g/mol. The van der Waals surface area contributed by atoms with E-state index in [1.165, 1.54) is 11.0 Å². The lowest BCUT2D eigenvalue weighted by atomic mass is 10.1. The average Bonchev–Trinajstić information content (AvgIpc) is 2.68. The Balaban J connectivity index is 2.39. The third-order valence-electron chi connectivity index (χ3n) is 4.71. The number of hydrogen-bond donors (Lipinski definition) is 1. The second kappa shape index (κ2) is 10.9.